The van der Waals surface area contributed by atoms with Gasteiger partial charge in [0, 0.05) is 5.69 Å². The summed E-state index contributed by atoms with van der Waals surface area (Å²) in [6, 6.07) is 16.5. The first-order chi connectivity index (χ1) is 10.8. The number of carboxylic acids is 1. The zero-order valence-electron chi connectivity index (χ0n) is 13.5. The molecule has 1 atom stereocenters. The number of benzene rings is 2. The fraction of sp³-hybridized carbons (Fsp3) is 0.263. The highest BCUT2D eigenvalue weighted by molar-refractivity contribution is 5.98. The van der Waals surface area contributed by atoms with Gasteiger partial charge in [0.25, 0.3) is 0 Å². The first-order valence-electron chi connectivity index (χ1n) is 7.52. The van der Waals surface area contributed by atoms with E-state index in [0.717, 1.165) is 5.56 Å². The number of hydrogen-bond donors (Lipinski definition) is 2. The van der Waals surface area contributed by atoms with Crippen LogP contribution in [0.4, 0.5) is 5.69 Å². The Morgan fingerprint density at radius 1 is 1.00 bits per heavy atom. The molecule has 4 heteroatoms. The molecule has 2 aromatic carbocycles. The molecule has 0 saturated heterocycles. The third-order valence-electron chi connectivity index (χ3n) is 4.10. The first-order valence-corrected chi connectivity index (χ1v) is 7.52. The maximum absolute atomic E-state index is 12.6. The van der Waals surface area contributed by atoms with Crippen LogP contribution in [0.3, 0.4) is 0 Å². The molecule has 2 N–H and O–H groups in total. The van der Waals surface area contributed by atoms with Gasteiger partial charge in [0.2, 0.25) is 5.91 Å². The van der Waals surface area contributed by atoms with Gasteiger partial charge in [-0.05, 0) is 44.0 Å². The second kappa shape index (κ2) is 6.65. The molecule has 0 aromatic heterocycles. The minimum atomic E-state index is -0.869. The van der Waals surface area contributed by atoms with Crippen molar-refractivity contribution in [3.05, 3.63) is 65.7 Å². The lowest BCUT2D eigenvalue weighted by Crippen LogP contribution is -2.34. The number of nitrogens with one attached hydrogen (secondary N) is 1. The fourth-order valence-electron chi connectivity index (χ4n) is 2.27. The molecule has 4 nitrogen and oxygen atoms in total. The standard InChI is InChI=1S/C19H21NO3/c1-13(17(21)22)14-9-11-16(12-10-14)20-18(23)19(2,3)15-7-5-4-6-8-15/h4-13H,1-3H3,(H,20,23)(H,21,22). The van der Waals surface area contributed by atoms with Crippen LogP contribution in [0, 0.1) is 0 Å². The monoisotopic (exact) mass is 311 g/mol. The molecule has 2 aromatic rings. The molecule has 0 aliphatic carbocycles. The number of hydrogen-bond acceptors (Lipinski definition) is 2. The van der Waals surface area contributed by atoms with E-state index < -0.39 is 17.3 Å². The summed E-state index contributed by atoms with van der Waals surface area (Å²) < 4.78 is 0. The van der Waals surface area contributed by atoms with E-state index in [4.69, 9.17) is 5.11 Å². The number of amides is 1. The summed E-state index contributed by atoms with van der Waals surface area (Å²) in [5, 5.41) is 11.9. The van der Waals surface area contributed by atoms with Gasteiger partial charge in [-0.1, -0.05) is 42.5 Å². The lowest BCUT2D eigenvalue weighted by Gasteiger charge is -2.24. The van der Waals surface area contributed by atoms with E-state index in [-0.39, 0.29) is 5.91 Å². The second-order valence-corrected chi connectivity index (χ2v) is 6.13. The third-order valence-corrected chi connectivity index (χ3v) is 4.10. The molecular formula is C19H21NO3. The van der Waals surface area contributed by atoms with Crippen molar-refractivity contribution in [2.45, 2.75) is 32.1 Å². The van der Waals surface area contributed by atoms with Crippen molar-refractivity contribution in [1.82, 2.24) is 0 Å². The van der Waals surface area contributed by atoms with Gasteiger partial charge in [-0.25, -0.2) is 0 Å². The van der Waals surface area contributed by atoms with E-state index in [0.29, 0.717) is 11.3 Å². The van der Waals surface area contributed by atoms with Crippen LogP contribution in [0.2, 0.25) is 0 Å². The highest BCUT2D eigenvalue weighted by atomic mass is 16.4. The van der Waals surface area contributed by atoms with Crippen molar-refractivity contribution >= 4 is 17.6 Å². The van der Waals surface area contributed by atoms with Gasteiger partial charge in [-0.2, -0.15) is 0 Å². The number of carbonyl (C=O) groups is 2. The largest absolute Gasteiger partial charge is 0.481 e. The molecule has 1 unspecified atom stereocenters. The Balaban J connectivity index is 2.13. The first kappa shape index (κ1) is 16.7. The van der Waals surface area contributed by atoms with Gasteiger partial charge in [-0.3, -0.25) is 9.59 Å². The van der Waals surface area contributed by atoms with Crippen molar-refractivity contribution in [3.8, 4) is 0 Å². The summed E-state index contributed by atoms with van der Waals surface area (Å²) >= 11 is 0. The average Bonchev–Trinajstić information content (AvgIpc) is 2.55. The van der Waals surface area contributed by atoms with Crippen molar-refractivity contribution in [2.24, 2.45) is 0 Å². The number of rotatable bonds is 5. The van der Waals surface area contributed by atoms with Crippen LogP contribution < -0.4 is 5.32 Å². The van der Waals surface area contributed by atoms with Crippen molar-refractivity contribution < 1.29 is 14.7 Å². The van der Waals surface area contributed by atoms with E-state index in [9.17, 15) is 9.59 Å². The number of carbonyl (C=O) groups excluding carboxylic acids is 1. The Labute approximate surface area is 136 Å². The van der Waals surface area contributed by atoms with Gasteiger partial charge in [0.15, 0.2) is 0 Å². The average molecular weight is 311 g/mol. The van der Waals surface area contributed by atoms with Gasteiger partial charge < -0.3 is 10.4 Å². The summed E-state index contributed by atoms with van der Waals surface area (Å²) in [4.78, 5) is 23.5. The summed E-state index contributed by atoms with van der Waals surface area (Å²) in [6.07, 6.45) is 0. The molecule has 2 rings (SSSR count). The van der Waals surface area contributed by atoms with Crippen LogP contribution in [0.15, 0.2) is 54.6 Å². The highest BCUT2D eigenvalue weighted by Gasteiger charge is 2.29. The van der Waals surface area contributed by atoms with Crippen molar-refractivity contribution in [1.29, 1.82) is 0 Å². The van der Waals surface area contributed by atoms with Crippen LogP contribution in [-0.2, 0) is 15.0 Å². The van der Waals surface area contributed by atoms with Crippen LogP contribution >= 0.6 is 0 Å². The van der Waals surface area contributed by atoms with Gasteiger partial charge in [-0.15, -0.1) is 0 Å². The maximum Gasteiger partial charge on any atom is 0.310 e. The molecule has 120 valence electrons. The lowest BCUT2D eigenvalue weighted by atomic mass is 9.83. The number of aliphatic carboxylic acids is 1. The molecule has 0 radical (unpaired) electrons. The Bertz CT molecular complexity index is 690. The van der Waals surface area contributed by atoms with E-state index in [1.807, 2.05) is 44.2 Å². The second-order valence-electron chi connectivity index (χ2n) is 6.13. The molecule has 0 saturated carbocycles. The maximum atomic E-state index is 12.6. The van der Waals surface area contributed by atoms with Crippen LogP contribution in [0.1, 0.15) is 37.8 Å². The Morgan fingerprint density at radius 2 is 1.57 bits per heavy atom. The third kappa shape index (κ3) is 3.77. The quantitative estimate of drug-likeness (QED) is 0.883. The molecule has 0 aliphatic heterocycles. The van der Waals surface area contributed by atoms with E-state index in [1.54, 1.807) is 31.2 Å². The Hall–Kier alpha value is -2.62. The zero-order valence-corrected chi connectivity index (χ0v) is 13.5. The number of anilines is 1. The van der Waals surface area contributed by atoms with E-state index in [2.05, 4.69) is 5.32 Å². The predicted molar refractivity (Wildman–Crippen MR) is 90.6 cm³/mol. The molecule has 0 aliphatic rings. The molecule has 0 heterocycles. The van der Waals surface area contributed by atoms with Crippen molar-refractivity contribution in [2.75, 3.05) is 5.32 Å². The molecular weight excluding hydrogens is 290 g/mol. The zero-order chi connectivity index (χ0) is 17.0. The predicted octanol–water partition coefficient (Wildman–Crippen LogP) is 3.79. The Kier molecular flexibility index (Phi) is 4.84. The van der Waals surface area contributed by atoms with Crippen LogP contribution in [0.25, 0.3) is 0 Å². The SMILES string of the molecule is CC(C(=O)O)c1ccc(NC(=O)C(C)(C)c2ccccc2)cc1. The minimum absolute atomic E-state index is 0.109. The summed E-state index contributed by atoms with van der Waals surface area (Å²) in [6.45, 7) is 5.38. The van der Waals surface area contributed by atoms with Gasteiger partial charge in [0.05, 0.1) is 11.3 Å². The summed E-state index contributed by atoms with van der Waals surface area (Å²) in [7, 11) is 0. The topological polar surface area (TPSA) is 66.4 Å². The fourth-order valence-corrected chi connectivity index (χ4v) is 2.27. The van der Waals surface area contributed by atoms with E-state index >= 15 is 0 Å². The molecule has 0 spiro atoms. The van der Waals surface area contributed by atoms with E-state index in [1.165, 1.54) is 0 Å². The molecule has 1 amide bonds. The van der Waals surface area contributed by atoms with Gasteiger partial charge in [0.1, 0.15) is 0 Å². The Morgan fingerprint density at radius 3 is 2.09 bits per heavy atom. The lowest BCUT2D eigenvalue weighted by molar-refractivity contribution is -0.138. The number of carboxylic acid groups (broad SMARTS) is 1. The molecule has 23 heavy (non-hydrogen) atoms. The normalized spacial score (nSPS) is 12.5. The van der Waals surface area contributed by atoms with Gasteiger partial charge >= 0.3 is 5.97 Å². The summed E-state index contributed by atoms with van der Waals surface area (Å²) in [5.74, 6) is -1.55. The molecule has 0 fully saturated rings. The smallest absolute Gasteiger partial charge is 0.310 e. The molecule has 0 bridgehead atoms. The van der Waals surface area contributed by atoms with Crippen molar-refractivity contribution in [3.63, 3.8) is 0 Å². The highest BCUT2D eigenvalue weighted by Crippen LogP contribution is 2.25. The van der Waals surface area contributed by atoms with Crippen LogP contribution in [0.5, 0.6) is 0 Å². The van der Waals surface area contributed by atoms with Crippen LogP contribution in [-0.4, -0.2) is 17.0 Å². The minimum Gasteiger partial charge on any atom is -0.481 e. The summed E-state index contributed by atoms with van der Waals surface area (Å²) in [5.41, 5.74) is 1.64.